The average Bonchev–Trinajstić information content (AvgIpc) is 2.56. The summed E-state index contributed by atoms with van der Waals surface area (Å²) < 4.78 is 15.0. The SMILES string of the molecule is COCCOC(=O)c1ccc(OC(=O)c2ccc(Cl)cc2)cc1. The predicted molar refractivity (Wildman–Crippen MR) is 85.0 cm³/mol. The molecule has 0 spiro atoms. The molecule has 0 aromatic heterocycles. The first-order valence-corrected chi connectivity index (χ1v) is 7.22. The van der Waals surface area contributed by atoms with Crippen molar-refractivity contribution >= 4 is 23.5 Å². The molecule has 23 heavy (non-hydrogen) atoms. The first kappa shape index (κ1) is 17.0. The summed E-state index contributed by atoms with van der Waals surface area (Å²) in [5.74, 6) is -0.631. The van der Waals surface area contributed by atoms with Gasteiger partial charge in [0.25, 0.3) is 0 Å². The molecule has 2 rings (SSSR count). The number of carbonyl (C=O) groups is 2. The standard InChI is InChI=1S/C17H15ClO5/c1-21-10-11-22-16(19)12-4-8-15(9-5-12)23-17(20)13-2-6-14(18)7-3-13/h2-9H,10-11H2,1H3. The van der Waals surface area contributed by atoms with E-state index < -0.39 is 11.9 Å². The molecule has 0 N–H and O–H groups in total. The molecule has 0 radical (unpaired) electrons. The van der Waals surface area contributed by atoms with E-state index in [1.165, 1.54) is 31.4 Å². The molecular weight excluding hydrogens is 320 g/mol. The Balaban J connectivity index is 1.95. The van der Waals surface area contributed by atoms with Gasteiger partial charge in [-0.05, 0) is 48.5 Å². The molecule has 0 bridgehead atoms. The minimum Gasteiger partial charge on any atom is -0.460 e. The number of carbonyl (C=O) groups excluding carboxylic acids is 2. The molecule has 0 saturated heterocycles. The zero-order chi connectivity index (χ0) is 16.7. The summed E-state index contributed by atoms with van der Waals surface area (Å²) in [5, 5.41) is 0.540. The molecule has 0 aliphatic carbocycles. The van der Waals surface area contributed by atoms with Crippen LogP contribution in [0, 0.1) is 0 Å². The molecule has 5 nitrogen and oxygen atoms in total. The lowest BCUT2D eigenvalue weighted by Gasteiger charge is -2.06. The van der Waals surface area contributed by atoms with Crippen molar-refractivity contribution in [3.8, 4) is 5.75 Å². The van der Waals surface area contributed by atoms with Gasteiger partial charge in [-0.2, -0.15) is 0 Å². The number of ether oxygens (including phenoxy) is 3. The summed E-state index contributed by atoms with van der Waals surface area (Å²) in [6.07, 6.45) is 0. The monoisotopic (exact) mass is 334 g/mol. The summed E-state index contributed by atoms with van der Waals surface area (Å²) in [6.45, 7) is 0.519. The maximum Gasteiger partial charge on any atom is 0.343 e. The van der Waals surface area contributed by atoms with E-state index in [1.807, 2.05) is 0 Å². The van der Waals surface area contributed by atoms with Gasteiger partial charge in [-0.3, -0.25) is 0 Å². The van der Waals surface area contributed by atoms with Gasteiger partial charge in [0.1, 0.15) is 12.4 Å². The summed E-state index contributed by atoms with van der Waals surface area (Å²) in [5.41, 5.74) is 0.754. The number of methoxy groups -OCH3 is 1. The van der Waals surface area contributed by atoms with E-state index in [1.54, 1.807) is 24.3 Å². The second-order valence-corrected chi connectivity index (χ2v) is 4.99. The van der Waals surface area contributed by atoms with Gasteiger partial charge in [-0.25, -0.2) is 9.59 Å². The van der Waals surface area contributed by atoms with E-state index >= 15 is 0 Å². The van der Waals surface area contributed by atoms with Crippen molar-refractivity contribution in [1.82, 2.24) is 0 Å². The van der Waals surface area contributed by atoms with Gasteiger partial charge < -0.3 is 14.2 Å². The quantitative estimate of drug-likeness (QED) is 0.460. The summed E-state index contributed by atoms with van der Waals surface area (Å²) in [4.78, 5) is 23.7. The van der Waals surface area contributed by atoms with Crippen LogP contribution in [0.15, 0.2) is 48.5 Å². The van der Waals surface area contributed by atoms with E-state index in [2.05, 4.69) is 0 Å². The fourth-order valence-electron chi connectivity index (χ4n) is 1.71. The van der Waals surface area contributed by atoms with E-state index in [4.69, 9.17) is 25.8 Å². The van der Waals surface area contributed by atoms with Crippen molar-refractivity contribution < 1.29 is 23.8 Å². The Morgan fingerprint density at radius 2 is 1.43 bits per heavy atom. The topological polar surface area (TPSA) is 61.8 Å². The Labute approximate surface area is 138 Å². The Bertz CT molecular complexity index is 664. The number of hydrogen-bond acceptors (Lipinski definition) is 5. The first-order valence-electron chi connectivity index (χ1n) is 6.84. The fourth-order valence-corrected chi connectivity index (χ4v) is 1.84. The van der Waals surface area contributed by atoms with Gasteiger partial charge in [-0.1, -0.05) is 11.6 Å². The van der Waals surface area contributed by atoms with Gasteiger partial charge in [0.05, 0.1) is 17.7 Å². The molecule has 2 aromatic carbocycles. The van der Waals surface area contributed by atoms with Crippen LogP contribution in [0.25, 0.3) is 0 Å². The Morgan fingerprint density at radius 1 is 0.870 bits per heavy atom. The molecule has 0 aliphatic heterocycles. The number of halogens is 1. The van der Waals surface area contributed by atoms with Crippen molar-refractivity contribution in [2.75, 3.05) is 20.3 Å². The van der Waals surface area contributed by atoms with E-state index in [-0.39, 0.29) is 6.61 Å². The highest BCUT2D eigenvalue weighted by molar-refractivity contribution is 6.30. The molecule has 0 aliphatic rings. The third-order valence-corrected chi connectivity index (χ3v) is 3.15. The lowest BCUT2D eigenvalue weighted by atomic mass is 10.2. The van der Waals surface area contributed by atoms with Gasteiger partial charge in [-0.15, -0.1) is 0 Å². The third-order valence-electron chi connectivity index (χ3n) is 2.90. The number of hydrogen-bond donors (Lipinski definition) is 0. The zero-order valence-electron chi connectivity index (χ0n) is 12.5. The lowest BCUT2D eigenvalue weighted by Crippen LogP contribution is -2.10. The minimum absolute atomic E-state index is 0.183. The van der Waals surface area contributed by atoms with Crippen molar-refractivity contribution in [1.29, 1.82) is 0 Å². The molecule has 0 fully saturated rings. The molecule has 120 valence electrons. The first-order chi connectivity index (χ1) is 11.1. The Hall–Kier alpha value is -2.37. The van der Waals surface area contributed by atoms with E-state index in [9.17, 15) is 9.59 Å². The number of benzene rings is 2. The molecule has 0 heterocycles. The Morgan fingerprint density at radius 3 is 2.04 bits per heavy atom. The summed E-state index contributed by atoms with van der Waals surface area (Å²) in [6, 6.07) is 12.5. The molecule has 0 amide bonds. The molecule has 2 aromatic rings. The molecule has 0 atom stereocenters. The summed E-state index contributed by atoms with van der Waals surface area (Å²) in [7, 11) is 1.53. The number of esters is 2. The smallest absolute Gasteiger partial charge is 0.343 e. The molecular formula is C17H15ClO5. The Kier molecular flexibility index (Phi) is 6.14. The van der Waals surface area contributed by atoms with Crippen LogP contribution in [0.4, 0.5) is 0 Å². The van der Waals surface area contributed by atoms with Crippen molar-refractivity contribution in [2.45, 2.75) is 0 Å². The van der Waals surface area contributed by atoms with Crippen LogP contribution in [0.2, 0.25) is 5.02 Å². The minimum atomic E-state index is -0.503. The highest BCUT2D eigenvalue weighted by atomic mass is 35.5. The fraction of sp³-hybridized carbons (Fsp3) is 0.176. The number of rotatable bonds is 6. The maximum atomic E-state index is 11.9. The van der Waals surface area contributed by atoms with Crippen LogP contribution in [0.3, 0.4) is 0 Å². The second-order valence-electron chi connectivity index (χ2n) is 4.55. The highest BCUT2D eigenvalue weighted by Gasteiger charge is 2.10. The van der Waals surface area contributed by atoms with Gasteiger partial charge >= 0.3 is 11.9 Å². The van der Waals surface area contributed by atoms with Crippen molar-refractivity contribution in [3.05, 3.63) is 64.7 Å². The van der Waals surface area contributed by atoms with Crippen LogP contribution in [0.1, 0.15) is 20.7 Å². The van der Waals surface area contributed by atoms with Gasteiger partial charge in [0, 0.05) is 12.1 Å². The zero-order valence-corrected chi connectivity index (χ0v) is 13.2. The molecule has 6 heteroatoms. The predicted octanol–water partition coefficient (Wildman–Crippen LogP) is 3.36. The van der Waals surface area contributed by atoms with Crippen LogP contribution < -0.4 is 4.74 Å². The van der Waals surface area contributed by atoms with Crippen LogP contribution >= 0.6 is 11.6 Å². The van der Waals surface area contributed by atoms with E-state index in [0.717, 1.165) is 0 Å². The van der Waals surface area contributed by atoms with Crippen LogP contribution in [0.5, 0.6) is 5.75 Å². The normalized spacial score (nSPS) is 10.2. The lowest BCUT2D eigenvalue weighted by molar-refractivity contribution is 0.0388. The second kappa shape index (κ2) is 8.31. The average molecular weight is 335 g/mol. The van der Waals surface area contributed by atoms with Crippen molar-refractivity contribution in [2.24, 2.45) is 0 Å². The molecule has 0 saturated carbocycles. The van der Waals surface area contributed by atoms with Gasteiger partial charge in [0.2, 0.25) is 0 Å². The largest absolute Gasteiger partial charge is 0.460 e. The van der Waals surface area contributed by atoms with Crippen molar-refractivity contribution in [3.63, 3.8) is 0 Å². The maximum absolute atomic E-state index is 11.9. The highest BCUT2D eigenvalue weighted by Crippen LogP contribution is 2.16. The van der Waals surface area contributed by atoms with Crippen LogP contribution in [-0.4, -0.2) is 32.3 Å². The van der Waals surface area contributed by atoms with E-state index in [0.29, 0.717) is 28.5 Å². The summed E-state index contributed by atoms with van der Waals surface area (Å²) >= 11 is 5.77. The van der Waals surface area contributed by atoms with Gasteiger partial charge in [0.15, 0.2) is 0 Å². The molecule has 0 unspecified atom stereocenters. The van der Waals surface area contributed by atoms with Crippen LogP contribution in [-0.2, 0) is 9.47 Å². The third kappa shape index (κ3) is 5.09.